The van der Waals surface area contributed by atoms with Gasteiger partial charge in [-0.15, -0.1) is 0 Å². The molecule has 3 aromatic carbocycles. The lowest BCUT2D eigenvalue weighted by Crippen LogP contribution is -2.28. The highest BCUT2D eigenvalue weighted by Gasteiger charge is 2.24. The molecule has 2 aliphatic rings. The standard InChI is InChI=1S/C25H25N5/c1-26-21-13-19(15-29-17-27(2)22-8-4-6-10-24(22)29)12-20(14-21)16-30-18-28(3)23-9-5-7-11-25(23)30/h4-14H,15-18H2,2-3H3. The Morgan fingerprint density at radius 1 is 0.700 bits per heavy atom. The zero-order valence-corrected chi connectivity index (χ0v) is 17.4. The lowest BCUT2D eigenvalue weighted by atomic mass is 10.1. The normalized spacial score (nSPS) is 14.7. The monoisotopic (exact) mass is 395 g/mol. The van der Waals surface area contributed by atoms with Gasteiger partial charge in [-0.25, -0.2) is 4.85 Å². The van der Waals surface area contributed by atoms with E-state index in [1.54, 1.807) is 0 Å². The molecule has 0 radical (unpaired) electrons. The van der Waals surface area contributed by atoms with E-state index in [9.17, 15) is 0 Å². The van der Waals surface area contributed by atoms with E-state index in [1.807, 2.05) is 12.1 Å². The Morgan fingerprint density at radius 3 is 1.57 bits per heavy atom. The van der Waals surface area contributed by atoms with E-state index in [-0.39, 0.29) is 0 Å². The first kappa shape index (κ1) is 18.4. The van der Waals surface area contributed by atoms with E-state index in [0.717, 1.165) is 26.4 Å². The summed E-state index contributed by atoms with van der Waals surface area (Å²) in [4.78, 5) is 13.0. The summed E-state index contributed by atoms with van der Waals surface area (Å²) in [5, 5.41) is 0. The molecule has 150 valence electrons. The number of benzene rings is 3. The Bertz CT molecular complexity index is 1050. The first-order valence-electron chi connectivity index (χ1n) is 10.2. The van der Waals surface area contributed by atoms with Gasteiger partial charge < -0.3 is 19.6 Å². The zero-order valence-electron chi connectivity index (χ0n) is 17.4. The van der Waals surface area contributed by atoms with Crippen molar-refractivity contribution in [1.82, 2.24) is 0 Å². The van der Waals surface area contributed by atoms with Crippen LogP contribution in [0.2, 0.25) is 0 Å². The molecular weight excluding hydrogens is 370 g/mol. The fraction of sp³-hybridized carbons (Fsp3) is 0.240. The van der Waals surface area contributed by atoms with Gasteiger partial charge in [-0.2, -0.15) is 0 Å². The predicted octanol–water partition coefficient (Wildman–Crippen LogP) is 5.07. The van der Waals surface area contributed by atoms with E-state index in [4.69, 9.17) is 6.57 Å². The number of fused-ring (bicyclic) bond motifs is 2. The molecule has 0 unspecified atom stereocenters. The maximum absolute atomic E-state index is 7.59. The third-order valence-electron chi connectivity index (χ3n) is 5.95. The topological polar surface area (TPSA) is 17.3 Å². The van der Waals surface area contributed by atoms with Crippen LogP contribution in [0.15, 0.2) is 66.7 Å². The Morgan fingerprint density at radius 2 is 1.13 bits per heavy atom. The number of anilines is 4. The average Bonchev–Trinajstić information content (AvgIpc) is 3.25. The van der Waals surface area contributed by atoms with Gasteiger partial charge >= 0.3 is 0 Å². The maximum Gasteiger partial charge on any atom is 0.187 e. The van der Waals surface area contributed by atoms with E-state index >= 15 is 0 Å². The largest absolute Gasteiger partial charge is 0.355 e. The molecule has 5 heteroatoms. The minimum atomic E-state index is 0.712. The van der Waals surface area contributed by atoms with E-state index < -0.39 is 0 Å². The first-order valence-corrected chi connectivity index (χ1v) is 10.2. The molecule has 30 heavy (non-hydrogen) atoms. The van der Waals surface area contributed by atoms with Crippen LogP contribution in [-0.2, 0) is 13.1 Å². The molecule has 3 aromatic rings. The Hall–Kier alpha value is -3.65. The molecule has 0 spiro atoms. The van der Waals surface area contributed by atoms with Crippen LogP contribution in [-0.4, -0.2) is 27.4 Å². The van der Waals surface area contributed by atoms with Crippen molar-refractivity contribution in [3.63, 3.8) is 0 Å². The van der Waals surface area contributed by atoms with Crippen molar-refractivity contribution < 1.29 is 0 Å². The van der Waals surface area contributed by atoms with E-state index in [1.165, 1.54) is 33.9 Å². The Balaban J connectivity index is 1.41. The second-order valence-electron chi connectivity index (χ2n) is 8.17. The SMILES string of the molecule is [C-]#[N+]c1cc(CN2CN(C)c3ccccc32)cc(CN2CN(C)c3ccccc32)c1. The van der Waals surface area contributed by atoms with Crippen molar-refractivity contribution >= 4 is 28.4 Å². The van der Waals surface area contributed by atoms with Crippen LogP contribution in [0.4, 0.5) is 28.4 Å². The van der Waals surface area contributed by atoms with Crippen molar-refractivity contribution in [2.75, 3.05) is 47.0 Å². The number of hydrogen-bond donors (Lipinski definition) is 0. The van der Waals surface area contributed by atoms with Gasteiger partial charge in [-0.3, -0.25) is 0 Å². The number of rotatable bonds is 4. The van der Waals surface area contributed by atoms with E-state index in [2.05, 4.69) is 93.1 Å². The summed E-state index contributed by atoms with van der Waals surface area (Å²) in [6.45, 7) is 10.9. The second-order valence-corrected chi connectivity index (χ2v) is 8.17. The molecule has 0 saturated heterocycles. The van der Waals surface area contributed by atoms with Crippen LogP contribution in [0.5, 0.6) is 0 Å². The maximum atomic E-state index is 7.59. The summed E-state index contributed by atoms with van der Waals surface area (Å²) in [6.07, 6.45) is 0. The summed E-state index contributed by atoms with van der Waals surface area (Å²) in [7, 11) is 4.25. The quantitative estimate of drug-likeness (QED) is 0.574. The third-order valence-corrected chi connectivity index (χ3v) is 5.95. The van der Waals surface area contributed by atoms with Gasteiger partial charge in [0.1, 0.15) is 0 Å². The molecule has 2 aliphatic heterocycles. The molecule has 0 atom stereocenters. The lowest BCUT2D eigenvalue weighted by molar-refractivity contribution is 0.803. The van der Waals surface area contributed by atoms with Crippen LogP contribution in [0.1, 0.15) is 11.1 Å². The van der Waals surface area contributed by atoms with Gasteiger partial charge in [-0.1, -0.05) is 42.5 Å². The van der Waals surface area contributed by atoms with E-state index in [0.29, 0.717) is 5.69 Å². The molecule has 0 fully saturated rings. The third kappa shape index (κ3) is 3.21. The molecule has 2 heterocycles. The van der Waals surface area contributed by atoms with Crippen LogP contribution < -0.4 is 19.6 Å². The summed E-state index contributed by atoms with van der Waals surface area (Å²) in [5.74, 6) is 0. The molecule has 5 nitrogen and oxygen atoms in total. The Kier molecular flexibility index (Phi) is 4.48. The van der Waals surface area contributed by atoms with Crippen molar-refractivity contribution in [2.24, 2.45) is 0 Å². The number of nitrogens with zero attached hydrogens (tertiary/aromatic N) is 5. The fourth-order valence-electron chi connectivity index (χ4n) is 4.63. The summed E-state index contributed by atoms with van der Waals surface area (Å²) < 4.78 is 0. The summed E-state index contributed by atoms with van der Waals surface area (Å²) in [5.41, 5.74) is 8.11. The van der Waals surface area contributed by atoms with Crippen LogP contribution in [0.3, 0.4) is 0 Å². The highest BCUT2D eigenvalue weighted by atomic mass is 15.4. The average molecular weight is 396 g/mol. The predicted molar refractivity (Wildman–Crippen MR) is 124 cm³/mol. The Labute approximate surface area is 178 Å². The van der Waals surface area contributed by atoms with Gasteiger partial charge in [-0.05, 0) is 35.4 Å². The number of hydrogen-bond acceptors (Lipinski definition) is 4. The van der Waals surface area contributed by atoms with Crippen LogP contribution >= 0.6 is 0 Å². The van der Waals surface area contributed by atoms with Crippen molar-refractivity contribution in [3.8, 4) is 0 Å². The number of para-hydroxylation sites is 4. The van der Waals surface area contributed by atoms with Crippen molar-refractivity contribution in [3.05, 3.63) is 89.3 Å². The molecule has 0 saturated carbocycles. The van der Waals surface area contributed by atoms with Crippen LogP contribution in [0, 0.1) is 6.57 Å². The molecule has 0 bridgehead atoms. The van der Waals surface area contributed by atoms with Gasteiger partial charge in [0.2, 0.25) is 0 Å². The molecule has 0 aromatic heterocycles. The summed E-state index contributed by atoms with van der Waals surface area (Å²) >= 11 is 0. The van der Waals surface area contributed by atoms with Crippen molar-refractivity contribution in [1.29, 1.82) is 0 Å². The highest BCUT2D eigenvalue weighted by molar-refractivity contribution is 5.77. The van der Waals surface area contributed by atoms with Gasteiger partial charge in [0.25, 0.3) is 0 Å². The molecule has 0 amide bonds. The minimum absolute atomic E-state index is 0.712. The van der Waals surface area contributed by atoms with Gasteiger partial charge in [0, 0.05) is 27.2 Å². The smallest absolute Gasteiger partial charge is 0.187 e. The molecule has 0 aliphatic carbocycles. The molecular formula is C25H25N5. The van der Waals surface area contributed by atoms with Gasteiger partial charge in [0.15, 0.2) is 5.69 Å². The zero-order chi connectivity index (χ0) is 20.7. The van der Waals surface area contributed by atoms with Gasteiger partial charge in [0.05, 0.1) is 42.7 Å². The molecule has 0 N–H and O–H groups in total. The first-order chi connectivity index (χ1) is 14.6. The van der Waals surface area contributed by atoms with Crippen molar-refractivity contribution in [2.45, 2.75) is 13.1 Å². The summed E-state index contributed by atoms with van der Waals surface area (Å²) in [6, 6.07) is 23.4. The highest BCUT2D eigenvalue weighted by Crippen LogP contribution is 2.37. The second kappa shape index (κ2) is 7.31. The van der Waals surface area contributed by atoms with Crippen LogP contribution in [0.25, 0.3) is 4.85 Å². The fourth-order valence-corrected chi connectivity index (χ4v) is 4.63. The lowest BCUT2D eigenvalue weighted by Gasteiger charge is -2.22. The minimum Gasteiger partial charge on any atom is -0.355 e. The molecule has 5 rings (SSSR count).